The molecule has 27 heavy (non-hydrogen) atoms. The first kappa shape index (κ1) is 20.2. The standard InChI is InChI=1S/C20H18ClN3O3/c1-27-10-9-23-19(25)16(13-22)11-14-3-2-4-18(12-14)24-20(26)15-5-7-17(21)8-6-15/h2-8,11-12H,9-10H2,1H3,(H,23,25)(H,24,26)/b16-11+. The van der Waals surface area contributed by atoms with E-state index in [-0.39, 0.29) is 11.5 Å². The Hall–Kier alpha value is -3.14. The number of anilines is 1. The molecule has 0 aliphatic heterocycles. The molecule has 7 heteroatoms. The molecule has 6 nitrogen and oxygen atoms in total. The van der Waals surface area contributed by atoms with E-state index in [1.807, 2.05) is 6.07 Å². The highest BCUT2D eigenvalue weighted by Gasteiger charge is 2.09. The van der Waals surface area contributed by atoms with Crippen molar-refractivity contribution in [1.82, 2.24) is 5.32 Å². The fourth-order valence-corrected chi connectivity index (χ4v) is 2.31. The first-order valence-corrected chi connectivity index (χ1v) is 8.47. The Balaban J connectivity index is 2.11. The Morgan fingerprint density at radius 1 is 1.22 bits per heavy atom. The zero-order valence-corrected chi connectivity index (χ0v) is 15.4. The molecular weight excluding hydrogens is 366 g/mol. The molecule has 0 aliphatic rings. The van der Waals surface area contributed by atoms with E-state index >= 15 is 0 Å². The molecule has 0 radical (unpaired) electrons. The zero-order chi connectivity index (χ0) is 19.6. The van der Waals surface area contributed by atoms with E-state index in [0.29, 0.717) is 35.0 Å². The summed E-state index contributed by atoms with van der Waals surface area (Å²) in [4.78, 5) is 24.3. The summed E-state index contributed by atoms with van der Waals surface area (Å²) in [6.07, 6.45) is 1.46. The average Bonchev–Trinajstić information content (AvgIpc) is 2.67. The van der Waals surface area contributed by atoms with Crippen LogP contribution in [0.4, 0.5) is 5.69 Å². The molecule has 0 heterocycles. The van der Waals surface area contributed by atoms with Crippen molar-refractivity contribution in [1.29, 1.82) is 5.26 Å². The summed E-state index contributed by atoms with van der Waals surface area (Å²) in [5.41, 5.74) is 1.59. The van der Waals surface area contributed by atoms with Crippen LogP contribution in [0.25, 0.3) is 6.08 Å². The van der Waals surface area contributed by atoms with Gasteiger partial charge in [0.2, 0.25) is 0 Å². The quantitative estimate of drug-likeness (QED) is 0.436. The Kier molecular flexibility index (Phi) is 7.56. The minimum atomic E-state index is -0.481. The highest BCUT2D eigenvalue weighted by Crippen LogP contribution is 2.16. The molecule has 2 aromatic carbocycles. The van der Waals surface area contributed by atoms with E-state index in [1.54, 1.807) is 48.5 Å². The Labute approximate surface area is 162 Å². The monoisotopic (exact) mass is 383 g/mol. The van der Waals surface area contributed by atoms with Gasteiger partial charge in [0.1, 0.15) is 11.6 Å². The summed E-state index contributed by atoms with van der Waals surface area (Å²) < 4.78 is 4.85. The van der Waals surface area contributed by atoms with Crippen molar-refractivity contribution in [2.75, 3.05) is 25.6 Å². The summed E-state index contributed by atoms with van der Waals surface area (Å²) in [5.74, 6) is -0.768. The highest BCUT2D eigenvalue weighted by molar-refractivity contribution is 6.30. The van der Waals surface area contributed by atoms with Gasteiger partial charge < -0.3 is 15.4 Å². The molecule has 2 aromatic rings. The molecule has 138 valence electrons. The molecule has 0 saturated carbocycles. The van der Waals surface area contributed by atoms with Crippen LogP contribution in [0.3, 0.4) is 0 Å². The van der Waals surface area contributed by atoms with Gasteiger partial charge in [0.05, 0.1) is 6.61 Å². The zero-order valence-electron chi connectivity index (χ0n) is 14.7. The van der Waals surface area contributed by atoms with Crippen LogP contribution in [0.5, 0.6) is 0 Å². The lowest BCUT2D eigenvalue weighted by Crippen LogP contribution is -2.27. The number of ether oxygens (including phenoxy) is 1. The van der Waals surface area contributed by atoms with Crippen LogP contribution in [0.1, 0.15) is 15.9 Å². The lowest BCUT2D eigenvalue weighted by molar-refractivity contribution is -0.117. The summed E-state index contributed by atoms with van der Waals surface area (Å²) in [5, 5.41) is 15.1. The maximum atomic E-state index is 12.3. The number of hydrogen-bond donors (Lipinski definition) is 2. The van der Waals surface area contributed by atoms with Gasteiger partial charge in [0.25, 0.3) is 11.8 Å². The van der Waals surface area contributed by atoms with E-state index in [2.05, 4.69) is 10.6 Å². The van der Waals surface area contributed by atoms with Gasteiger partial charge in [-0.25, -0.2) is 0 Å². The van der Waals surface area contributed by atoms with Gasteiger partial charge in [-0.15, -0.1) is 0 Å². The van der Waals surface area contributed by atoms with Gasteiger partial charge in [-0.05, 0) is 48.0 Å². The van der Waals surface area contributed by atoms with E-state index in [0.717, 1.165) is 0 Å². The SMILES string of the molecule is COCCNC(=O)/C(C#N)=C/c1cccc(NC(=O)c2ccc(Cl)cc2)c1. The minimum absolute atomic E-state index is 0.0349. The van der Waals surface area contributed by atoms with Crippen molar-refractivity contribution in [3.05, 3.63) is 70.3 Å². The third-order valence-electron chi connectivity index (χ3n) is 3.52. The third kappa shape index (κ3) is 6.26. The maximum absolute atomic E-state index is 12.3. The summed E-state index contributed by atoms with van der Waals surface area (Å²) in [6, 6.07) is 15.2. The van der Waals surface area contributed by atoms with E-state index < -0.39 is 5.91 Å². The summed E-state index contributed by atoms with van der Waals surface area (Å²) >= 11 is 5.82. The second-order valence-corrected chi connectivity index (χ2v) is 5.94. The second kappa shape index (κ2) is 10.1. The van der Waals surface area contributed by atoms with Crippen molar-refractivity contribution >= 4 is 35.2 Å². The number of carbonyl (C=O) groups excluding carboxylic acids is 2. The van der Waals surface area contributed by atoms with E-state index in [1.165, 1.54) is 13.2 Å². The number of rotatable bonds is 7. The van der Waals surface area contributed by atoms with E-state index in [4.69, 9.17) is 16.3 Å². The van der Waals surface area contributed by atoms with Crippen LogP contribution in [0, 0.1) is 11.3 Å². The molecule has 2 N–H and O–H groups in total. The largest absolute Gasteiger partial charge is 0.383 e. The molecule has 0 aromatic heterocycles. The van der Waals surface area contributed by atoms with Crippen molar-refractivity contribution in [3.63, 3.8) is 0 Å². The number of nitrogens with zero attached hydrogens (tertiary/aromatic N) is 1. The van der Waals surface area contributed by atoms with Crippen LogP contribution in [-0.4, -0.2) is 32.1 Å². The normalized spacial score (nSPS) is 10.8. The maximum Gasteiger partial charge on any atom is 0.262 e. The van der Waals surface area contributed by atoms with Gasteiger partial charge in [-0.1, -0.05) is 23.7 Å². The third-order valence-corrected chi connectivity index (χ3v) is 3.77. The number of amides is 2. The van der Waals surface area contributed by atoms with Gasteiger partial charge in [0, 0.05) is 29.9 Å². The van der Waals surface area contributed by atoms with Crippen LogP contribution >= 0.6 is 11.6 Å². The smallest absolute Gasteiger partial charge is 0.262 e. The predicted octanol–water partition coefficient (Wildman–Crippen LogP) is 3.26. The number of benzene rings is 2. The number of nitriles is 1. The molecule has 2 amide bonds. The van der Waals surface area contributed by atoms with Crippen molar-refractivity contribution in [3.8, 4) is 6.07 Å². The van der Waals surface area contributed by atoms with Gasteiger partial charge in [-0.3, -0.25) is 9.59 Å². The highest BCUT2D eigenvalue weighted by atomic mass is 35.5. The van der Waals surface area contributed by atoms with Crippen molar-refractivity contribution < 1.29 is 14.3 Å². The fourth-order valence-electron chi connectivity index (χ4n) is 2.19. The topological polar surface area (TPSA) is 91.2 Å². The molecule has 0 atom stereocenters. The number of methoxy groups -OCH3 is 1. The molecule has 0 unspecified atom stereocenters. The lowest BCUT2D eigenvalue weighted by atomic mass is 10.1. The molecule has 0 fully saturated rings. The van der Waals surface area contributed by atoms with Crippen LogP contribution < -0.4 is 10.6 Å². The number of carbonyl (C=O) groups is 2. The van der Waals surface area contributed by atoms with Crippen LogP contribution in [-0.2, 0) is 9.53 Å². The van der Waals surface area contributed by atoms with Gasteiger partial charge in [0.15, 0.2) is 0 Å². The fraction of sp³-hybridized carbons (Fsp3) is 0.150. The summed E-state index contributed by atoms with van der Waals surface area (Å²) in [6.45, 7) is 0.669. The average molecular weight is 384 g/mol. The van der Waals surface area contributed by atoms with Crippen molar-refractivity contribution in [2.24, 2.45) is 0 Å². The first-order chi connectivity index (χ1) is 13.0. The molecule has 0 aliphatic carbocycles. The van der Waals surface area contributed by atoms with Gasteiger partial charge in [-0.2, -0.15) is 5.26 Å². The molecule has 0 saturated heterocycles. The number of halogens is 1. The lowest BCUT2D eigenvalue weighted by Gasteiger charge is -2.07. The Bertz CT molecular complexity index is 886. The Morgan fingerprint density at radius 3 is 2.63 bits per heavy atom. The summed E-state index contributed by atoms with van der Waals surface area (Å²) in [7, 11) is 1.52. The minimum Gasteiger partial charge on any atom is -0.383 e. The van der Waals surface area contributed by atoms with Gasteiger partial charge >= 0.3 is 0 Å². The van der Waals surface area contributed by atoms with Crippen LogP contribution in [0.15, 0.2) is 54.1 Å². The molecule has 0 bridgehead atoms. The predicted molar refractivity (Wildman–Crippen MR) is 104 cm³/mol. The van der Waals surface area contributed by atoms with Crippen molar-refractivity contribution in [2.45, 2.75) is 0 Å². The number of nitrogens with one attached hydrogen (secondary N) is 2. The Morgan fingerprint density at radius 2 is 1.96 bits per heavy atom. The second-order valence-electron chi connectivity index (χ2n) is 5.50. The molecular formula is C20H18ClN3O3. The molecule has 2 rings (SSSR count). The molecule has 0 spiro atoms. The number of hydrogen-bond acceptors (Lipinski definition) is 4. The van der Waals surface area contributed by atoms with Crippen LogP contribution in [0.2, 0.25) is 5.02 Å². The van der Waals surface area contributed by atoms with E-state index in [9.17, 15) is 14.9 Å². The first-order valence-electron chi connectivity index (χ1n) is 8.09.